The third kappa shape index (κ3) is 5.39. The first-order valence-electron chi connectivity index (χ1n) is 5.92. The lowest BCUT2D eigenvalue weighted by Gasteiger charge is -2.12. The zero-order chi connectivity index (χ0) is 15.1. The van der Waals surface area contributed by atoms with E-state index in [1.54, 1.807) is 12.1 Å². The predicted octanol–water partition coefficient (Wildman–Crippen LogP) is 2.41. The molecule has 0 radical (unpaired) electrons. The molecule has 0 aliphatic heterocycles. The minimum Gasteiger partial charge on any atom is -0.508 e. The van der Waals surface area contributed by atoms with Crippen LogP contribution >= 0.6 is 0 Å². The molecule has 1 unspecified atom stereocenters. The Morgan fingerprint density at radius 2 is 1.85 bits per heavy atom. The van der Waals surface area contributed by atoms with Crippen LogP contribution in [0.2, 0.25) is 0 Å². The molecule has 0 heterocycles. The molecule has 0 aromatic heterocycles. The van der Waals surface area contributed by atoms with Crippen LogP contribution in [0, 0.1) is 0 Å². The topological polar surface area (TPSA) is 72.8 Å². The maximum Gasteiger partial charge on any atom is 0.336 e. The molecule has 1 N–H and O–H groups in total. The molecule has 5 heteroatoms. The summed E-state index contributed by atoms with van der Waals surface area (Å²) in [6.07, 6.45) is 1.74. The fraction of sp³-hybridized carbons (Fsp3) is 0.200. The Morgan fingerprint density at radius 3 is 2.40 bits per heavy atom. The monoisotopic (exact) mass is 276 g/mol. The predicted molar refractivity (Wildman–Crippen MR) is 73.6 cm³/mol. The molecule has 0 spiro atoms. The van der Waals surface area contributed by atoms with Gasteiger partial charge in [-0.1, -0.05) is 18.7 Å². The normalized spacial score (nSPS) is 11.9. The average Bonchev–Trinajstić information content (AvgIpc) is 2.37. The van der Waals surface area contributed by atoms with Crippen molar-refractivity contribution in [2.75, 3.05) is 0 Å². The smallest absolute Gasteiger partial charge is 0.336 e. The zero-order valence-corrected chi connectivity index (χ0v) is 11.3. The van der Waals surface area contributed by atoms with E-state index in [2.05, 4.69) is 6.58 Å². The van der Waals surface area contributed by atoms with Gasteiger partial charge in [0.25, 0.3) is 0 Å². The van der Waals surface area contributed by atoms with Crippen LogP contribution in [-0.4, -0.2) is 23.3 Å². The number of esters is 2. The quantitative estimate of drug-likeness (QED) is 0.508. The zero-order valence-electron chi connectivity index (χ0n) is 11.3. The van der Waals surface area contributed by atoms with Crippen LogP contribution < -0.4 is 0 Å². The lowest BCUT2D eigenvalue weighted by atomic mass is 10.2. The Labute approximate surface area is 117 Å². The summed E-state index contributed by atoms with van der Waals surface area (Å²) < 4.78 is 9.66. The largest absolute Gasteiger partial charge is 0.508 e. The molecule has 0 aliphatic rings. The Balaban J connectivity index is 2.49. The number of hydrogen-bond donors (Lipinski definition) is 1. The highest BCUT2D eigenvalue weighted by molar-refractivity contribution is 5.88. The van der Waals surface area contributed by atoms with Gasteiger partial charge in [0.1, 0.15) is 5.75 Å². The number of hydrogen-bond acceptors (Lipinski definition) is 5. The van der Waals surface area contributed by atoms with Gasteiger partial charge in [-0.05, 0) is 30.7 Å². The molecule has 1 aromatic rings. The van der Waals surface area contributed by atoms with Gasteiger partial charge in [0.2, 0.25) is 6.29 Å². The number of carbonyl (C=O) groups is 2. The van der Waals surface area contributed by atoms with Crippen molar-refractivity contribution in [3.8, 4) is 5.75 Å². The highest BCUT2D eigenvalue weighted by Crippen LogP contribution is 2.11. The minimum atomic E-state index is -0.990. The van der Waals surface area contributed by atoms with E-state index in [0.29, 0.717) is 0 Å². The van der Waals surface area contributed by atoms with Crippen molar-refractivity contribution in [1.29, 1.82) is 0 Å². The van der Waals surface area contributed by atoms with Crippen LogP contribution in [-0.2, 0) is 19.1 Å². The van der Waals surface area contributed by atoms with Gasteiger partial charge in [-0.25, -0.2) is 9.59 Å². The van der Waals surface area contributed by atoms with E-state index in [1.807, 2.05) is 0 Å². The van der Waals surface area contributed by atoms with Gasteiger partial charge in [0, 0.05) is 18.6 Å². The maximum atomic E-state index is 11.5. The molecule has 1 aromatic carbocycles. The molecule has 106 valence electrons. The molecule has 0 amide bonds. The van der Waals surface area contributed by atoms with Crippen molar-refractivity contribution in [2.24, 2.45) is 0 Å². The second kappa shape index (κ2) is 7.13. The first kappa shape index (κ1) is 15.5. The molecule has 0 saturated carbocycles. The Morgan fingerprint density at radius 1 is 1.25 bits per heavy atom. The van der Waals surface area contributed by atoms with Crippen molar-refractivity contribution in [1.82, 2.24) is 0 Å². The van der Waals surface area contributed by atoms with Crippen LogP contribution in [0.3, 0.4) is 0 Å². The summed E-state index contributed by atoms with van der Waals surface area (Å²) in [6.45, 7) is 6.36. The molecular formula is C15H16O5. The van der Waals surface area contributed by atoms with Crippen molar-refractivity contribution in [2.45, 2.75) is 20.1 Å². The third-order valence-electron chi connectivity index (χ3n) is 2.21. The summed E-state index contributed by atoms with van der Waals surface area (Å²) in [7, 11) is 0. The van der Waals surface area contributed by atoms with Gasteiger partial charge in [0.05, 0.1) is 0 Å². The molecular weight excluding hydrogens is 260 g/mol. The average molecular weight is 276 g/mol. The van der Waals surface area contributed by atoms with Crippen LogP contribution in [0.4, 0.5) is 0 Å². The minimum absolute atomic E-state index is 0.144. The summed E-state index contributed by atoms with van der Waals surface area (Å²) in [5.41, 5.74) is 0.957. The number of ether oxygens (including phenoxy) is 2. The van der Waals surface area contributed by atoms with Crippen LogP contribution in [0.15, 0.2) is 42.5 Å². The fourth-order valence-corrected chi connectivity index (χ4v) is 1.23. The van der Waals surface area contributed by atoms with Gasteiger partial charge in [-0.3, -0.25) is 0 Å². The summed E-state index contributed by atoms with van der Waals surface area (Å²) in [6, 6.07) is 6.29. The molecule has 1 atom stereocenters. The van der Waals surface area contributed by atoms with Crippen molar-refractivity contribution in [3.63, 3.8) is 0 Å². The first-order valence-corrected chi connectivity index (χ1v) is 5.92. The number of benzene rings is 1. The first-order chi connectivity index (χ1) is 9.38. The van der Waals surface area contributed by atoms with E-state index >= 15 is 0 Å². The van der Waals surface area contributed by atoms with E-state index in [0.717, 1.165) is 5.56 Å². The van der Waals surface area contributed by atoms with Gasteiger partial charge < -0.3 is 14.6 Å². The van der Waals surface area contributed by atoms with Crippen molar-refractivity contribution in [3.05, 3.63) is 48.1 Å². The second-order valence-corrected chi connectivity index (χ2v) is 4.12. The molecule has 20 heavy (non-hydrogen) atoms. The lowest BCUT2D eigenvalue weighted by Crippen LogP contribution is -2.20. The molecule has 0 bridgehead atoms. The van der Waals surface area contributed by atoms with Gasteiger partial charge in [-0.15, -0.1) is 0 Å². The number of carbonyl (C=O) groups excluding carboxylic acids is 2. The summed E-state index contributed by atoms with van der Waals surface area (Å²) in [5, 5.41) is 9.11. The number of phenolic OH excluding ortho intramolecular Hbond substituents is 1. The Kier molecular flexibility index (Phi) is 5.53. The molecule has 0 aliphatic carbocycles. The molecule has 5 nitrogen and oxygen atoms in total. The lowest BCUT2D eigenvalue weighted by molar-refractivity contribution is -0.177. The molecule has 1 rings (SSSR count). The molecule has 0 fully saturated rings. The van der Waals surface area contributed by atoms with Gasteiger partial charge in [0.15, 0.2) is 0 Å². The number of aromatic hydroxyl groups is 1. The maximum absolute atomic E-state index is 11.5. The fourth-order valence-electron chi connectivity index (χ4n) is 1.23. The van der Waals surface area contributed by atoms with E-state index in [-0.39, 0.29) is 11.3 Å². The standard InChI is InChI=1S/C15H16O5/c1-10(2)15(18)20-11(3)19-14(17)9-6-12-4-7-13(16)8-5-12/h4-9,11,16H,1H2,2-3H3. The van der Waals surface area contributed by atoms with E-state index < -0.39 is 18.2 Å². The van der Waals surface area contributed by atoms with E-state index in [9.17, 15) is 9.59 Å². The Hall–Kier alpha value is -2.56. The van der Waals surface area contributed by atoms with Crippen LogP contribution in [0.5, 0.6) is 5.75 Å². The Bertz CT molecular complexity index is 528. The van der Waals surface area contributed by atoms with E-state index in [1.165, 1.54) is 38.1 Å². The highest BCUT2D eigenvalue weighted by atomic mass is 16.7. The van der Waals surface area contributed by atoms with Crippen molar-refractivity contribution >= 4 is 18.0 Å². The SMILES string of the molecule is C=C(C)C(=O)OC(C)OC(=O)C=Cc1ccc(O)cc1. The van der Waals surface area contributed by atoms with Gasteiger partial charge >= 0.3 is 11.9 Å². The number of phenols is 1. The van der Waals surface area contributed by atoms with E-state index in [4.69, 9.17) is 14.6 Å². The third-order valence-corrected chi connectivity index (χ3v) is 2.21. The summed E-state index contributed by atoms with van der Waals surface area (Å²) in [5.74, 6) is -1.11. The summed E-state index contributed by atoms with van der Waals surface area (Å²) >= 11 is 0. The highest BCUT2D eigenvalue weighted by Gasteiger charge is 2.12. The molecule has 0 saturated heterocycles. The van der Waals surface area contributed by atoms with Crippen LogP contribution in [0.25, 0.3) is 6.08 Å². The summed E-state index contributed by atoms with van der Waals surface area (Å²) in [4.78, 5) is 22.7. The van der Waals surface area contributed by atoms with Crippen molar-refractivity contribution < 1.29 is 24.2 Å². The van der Waals surface area contributed by atoms with Crippen LogP contribution in [0.1, 0.15) is 19.4 Å². The number of rotatable bonds is 5. The second-order valence-electron chi connectivity index (χ2n) is 4.12. The van der Waals surface area contributed by atoms with Gasteiger partial charge in [-0.2, -0.15) is 0 Å².